The molecular weight excluding hydrogens is 348 g/mol. The monoisotopic (exact) mass is 366 g/mol. The van der Waals surface area contributed by atoms with E-state index in [-0.39, 0.29) is 17.4 Å². The largest absolute Gasteiger partial charge is 0.229 e. The van der Waals surface area contributed by atoms with Crippen LogP contribution in [0.25, 0.3) is 0 Å². The fourth-order valence-corrected chi connectivity index (χ4v) is 3.99. The maximum absolute atomic E-state index is 11.7. The number of alkyl halides is 1. The van der Waals surface area contributed by atoms with Gasteiger partial charge >= 0.3 is 0 Å². The molecule has 1 unspecified atom stereocenters. The minimum atomic E-state index is -2.90. The van der Waals surface area contributed by atoms with Crippen LogP contribution in [-0.2, 0) is 16.3 Å². The summed E-state index contributed by atoms with van der Waals surface area (Å²) in [5, 5.41) is 0. The van der Waals surface area contributed by atoms with Gasteiger partial charge in [-0.2, -0.15) is 0 Å². The molecule has 1 atom stereocenters. The molecule has 0 N–H and O–H groups in total. The van der Waals surface area contributed by atoms with E-state index in [1.807, 2.05) is 31.2 Å². The Labute approximate surface area is 129 Å². The summed E-state index contributed by atoms with van der Waals surface area (Å²) >= 11 is 9.35. The Kier molecular flexibility index (Phi) is 7.40. The molecule has 2 nitrogen and oxygen atoms in total. The van der Waals surface area contributed by atoms with E-state index in [1.165, 1.54) is 5.56 Å². The number of hydrogen-bond acceptors (Lipinski definition) is 2. The molecular formula is C14H20BrClO2S. The smallest absolute Gasteiger partial charge is 0.150 e. The van der Waals surface area contributed by atoms with Crippen molar-refractivity contribution in [2.75, 3.05) is 17.4 Å². The van der Waals surface area contributed by atoms with Crippen molar-refractivity contribution in [3.05, 3.63) is 34.3 Å². The topological polar surface area (TPSA) is 34.1 Å². The average molecular weight is 368 g/mol. The second kappa shape index (κ2) is 8.28. The van der Waals surface area contributed by atoms with Crippen LogP contribution in [0.4, 0.5) is 0 Å². The Morgan fingerprint density at radius 3 is 2.37 bits per heavy atom. The van der Waals surface area contributed by atoms with Gasteiger partial charge < -0.3 is 0 Å². The van der Waals surface area contributed by atoms with Gasteiger partial charge in [-0.25, -0.2) is 8.42 Å². The summed E-state index contributed by atoms with van der Waals surface area (Å²) in [7, 11) is -2.90. The van der Waals surface area contributed by atoms with Gasteiger partial charge in [-0.15, -0.1) is 11.6 Å². The number of sulfone groups is 1. The summed E-state index contributed by atoms with van der Waals surface area (Å²) in [5.41, 5.74) is 1.20. The van der Waals surface area contributed by atoms with Crippen molar-refractivity contribution in [2.45, 2.75) is 26.2 Å². The first-order chi connectivity index (χ1) is 8.96. The van der Waals surface area contributed by atoms with E-state index in [0.717, 1.165) is 10.9 Å². The van der Waals surface area contributed by atoms with Crippen LogP contribution in [0, 0.1) is 5.92 Å². The Hall–Kier alpha value is -0.0600. The zero-order chi connectivity index (χ0) is 14.3. The Morgan fingerprint density at radius 1 is 1.21 bits per heavy atom. The van der Waals surface area contributed by atoms with Crippen molar-refractivity contribution < 1.29 is 8.42 Å². The molecule has 0 aliphatic heterocycles. The Bertz CT molecular complexity index is 471. The minimum absolute atomic E-state index is 0.217. The highest BCUT2D eigenvalue weighted by Gasteiger charge is 2.15. The van der Waals surface area contributed by atoms with E-state index in [9.17, 15) is 8.42 Å². The zero-order valence-corrected chi connectivity index (χ0v) is 14.3. The van der Waals surface area contributed by atoms with E-state index in [1.54, 1.807) is 0 Å². The molecule has 0 amide bonds. The summed E-state index contributed by atoms with van der Waals surface area (Å²) in [4.78, 5) is 0. The van der Waals surface area contributed by atoms with Gasteiger partial charge in [0.15, 0.2) is 0 Å². The highest BCUT2D eigenvalue weighted by molar-refractivity contribution is 9.10. The van der Waals surface area contributed by atoms with E-state index >= 15 is 0 Å². The minimum Gasteiger partial charge on any atom is -0.229 e. The molecule has 5 heteroatoms. The molecule has 1 rings (SSSR count). The SMILES string of the molecule is CCCS(=O)(=O)CCC(CCl)Cc1ccc(Br)cc1. The van der Waals surface area contributed by atoms with E-state index in [2.05, 4.69) is 15.9 Å². The lowest BCUT2D eigenvalue weighted by molar-refractivity contribution is 0.547. The Morgan fingerprint density at radius 2 is 1.84 bits per heavy atom. The first-order valence-corrected chi connectivity index (χ1v) is 9.62. The van der Waals surface area contributed by atoms with Crippen LogP contribution >= 0.6 is 27.5 Å². The van der Waals surface area contributed by atoms with Crippen molar-refractivity contribution in [3.8, 4) is 0 Å². The third-order valence-electron chi connectivity index (χ3n) is 3.01. The van der Waals surface area contributed by atoms with E-state index < -0.39 is 9.84 Å². The van der Waals surface area contributed by atoms with Crippen molar-refractivity contribution in [1.29, 1.82) is 0 Å². The van der Waals surface area contributed by atoms with Crippen molar-refractivity contribution in [2.24, 2.45) is 5.92 Å². The molecule has 0 aliphatic rings. The lowest BCUT2D eigenvalue weighted by Crippen LogP contribution is -2.16. The van der Waals surface area contributed by atoms with Gasteiger partial charge in [0, 0.05) is 16.1 Å². The lowest BCUT2D eigenvalue weighted by Gasteiger charge is -2.14. The van der Waals surface area contributed by atoms with Crippen LogP contribution in [-0.4, -0.2) is 25.8 Å². The zero-order valence-electron chi connectivity index (χ0n) is 11.1. The molecule has 0 radical (unpaired) electrons. The third-order valence-corrected chi connectivity index (χ3v) is 5.86. The first-order valence-electron chi connectivity index (χ1n) is 6.47. The third kappa shape index (κ3) is 6.77. The van der Waals surface area contributed by atoms with Crippen LogP contribution in [0.1, 0.15) is 25.3 Å². The summed E-state index contributed by atoms with van der Waals surface area (Å²) < 4.78 is 24.4. The standard InChI is InChI=1S/C14H20BrClO2S/c1-2-8-19(17,18)9-7-13(11-16)10-12-3-5-14(15)6-4-12/h3-6,13H,2,7-11H2,1H3. The molecule has 0 saturated heterocycles. The molecule has 0 aromatic heterocycles. The fraction of sp³-hybridized carbons (Fsp3) is 0.571. The highest BCUT2D eigenvalue weighted by atomic mass is 79.9. The number of halogens is 2. The highest BCUT2D eigenvalue weighted by Crippen LogP contribution is 2.18. The van der Waals surface area contributed by atoms with E-state index in [4.69, 9.17) is 11.6 Å². The summed E-state index contributed by atoms with van der Waals surface area (Å²) in [6.07, 6.45) is 2.15. The maximum Gasteiger partial charge on any atom is 0.150 e. The predicted molar refractivity (Wildman–Crippen MR) is 85.6 cm³/mol. The Balaban J connectivity index is 2.52. The number of rotatable bonds is 8. The summed E-state index contributed by atoms with van der Waals surface area (Å²) in [6.45, 7) is 1.89. The molecule has 0 saturated carbocycles. The van der Waals surface area contributed by atoms with Crippen LogP contribution in [0.2, 0.25) is 0 Å². The van der Waals surface area contributed by atoms with E-state index in [0.29, 0.717) is 18.7 Å². The van der Waals surface area contributed by atoms with Gasteiger partial charge in [-0.1, -0.05) is 35.0 Å². The number of hydrogen-bond donors (Lipinski definition) is 0. The molecule has 0 spiro atoms. The van der Waals surface area contributed by atoms with Gasteiger partial charge in [0.1, 0.15) is 9.84 Å². The second-order valence-corrected chi connectivity index (χ2v) is 8.32. The van der Waals surface area contributed by atoms with Gasteiger partial charge in [0.25, 0.3) is 0 Å². The molecule has 0 bridgehead atoms. The molecule has 0 heterocycles. The van der Waals surface area contributed by atoms with Gasteiger partial charge in [0.05, 0.1) is 5.75 Å². The molecule has 108 valence electrons. The van der Waals surface area contributed by atoms with Crippen LogP contribution in [0.5, 0.6) is 0 Å². The molecule has 1 aromatic carbocycles. The van der Waals surface area contributed by atoms with Crippen molar-refractivity contribution in [3.63, 3.8) is 0 Å². The predicted octanol–water partition coefficient (Wildman–Crippen LogP) is 4.06. The van der Waals surface area contributed by atoms with Crippen LogP contribution in [0.3, 0.4) is 0 Å². The van der Waals surface area contributed by atoms with Crippen LogP contribution < -0.4 is 0 Å². The quantitative estimate of drug-likeness (QED) is 0.649. The summed E-state index contributed by atoms with van der Waals surface area (Å²) in [6, 6.07) is 8.08. The second-order valence-electron chi connectivity index (χ2n) is 4.79. The average Bonchev–Trinajstić information content (AvgIpc) is 2.36. The molecule has 0 aliphatic carbocycles. The molecule has 19 heavy (non-hydrogen) atoms. The van der Waals surface area contributed by atoms with Crippen molar-refractivity contribution >= 4 is 37.4 Å². The van der Waals surface area contributed by atoms with Gasteiger partial charge in [-0.3, -0.25) is 0 Å². The first kappa shape index (κ1) is 17.0. The molecule has 1 aromatic rings. The van der Waals surface area contributed by atoms with Crippen LogP contribution in [0.15, 0.2) is 28.7 Å². The fourth-order valence-electron chi connectivity index (χ4n) is 1.95. The van der Waals surface area contributed by atoms with Crippen molar-refractivity contribution in [1.82, 2.24) is 0 Å². The maximum atomic E-state index is 11.7. The summed E-state index contributed by atoms with van der Waals surface area (Å²) in [5.74, 6) is 1.24. The normalized spacial score (nSPS) is 13.4. The molecule has 0 fully saturated rings. The van der Waals surface area contributed by atoms with Gasteiger partial charge in [0.2, 0.25) is 0 Å². The number of benzene rings is 1. The van der Waals surface area contributed by atoms with Gasteiger partial charge in [-0.05, 0) is 42.9 Å². The lowest BCUT2D eigenvalue weighted by atomic mass is 9.99.